The molecule has 2 aromatic carbocycles. The van der Waals surface area contributed by atoms with E-state index < -0.39 is 5.82 Å². The van der Waals surface area contributed by atoms with Gasteiger partial charge in [-0.2, -0.15) is 0 Å². The normalized spacial score (nSPS) is 16.2. The predicted molar refractivity (Wildman–Crippen MR) is 114 cm³/mol. The number of hydrogen-bond acceptors (Lipinski definition) is 3. The van der Waals surface area contributed by atoms with Crippen molar-refractivity contribution in [3.8, 4) is 0 Å². The van der Waals surface area contributed by atoms with E-state index in [-0.39, 0.29) is 29.5 Å². The maximum atomic E-state index is 13.7. The summed E-state index contributed by atoms with van der Waals surface area (Å²) in [5.41, 5.74) is 1.12. The lowest BCUT2D eigenvalue weighted by Crippen LogP contribution is -2.47. The Hall–Kier alpha value is -2.25. The number of carbonyl (C=O) groups is 2. The van der Waals surface area contributed by atoms with Crippen molar-refractivity contribution in [2.24, 2.45) is 0 Å². The van der Waals surface area contributed by atoms with Crippen LogP contribution in [0, 0.1) is 5.82 Å². The quantitative estimate of drug-likeness (QED) is 0.689. The van der Waals surface area contributed by atoms with Gasteiger partial charge in [0, 0.05) is 23.6 Å². The van der Waals surface area contributed by atoms with Crippen LogP contribution in [0.4, 0.5) is 4.39 Å². The SMILES string of the molecule is CC(NC(=O)CN1CCC(NC(=O)c2ccccc2F)CC1)c1ccc(Br)cc1. The van der Waals surface area contributed by atoms with Gasteiger partial charge >= 0.3 is 0 Å². The molecule has 1 aliphatic heterocycles. The molecular formula is C22H25BrFN3O2. The first kappa shape index (κ1) is 21.5. The minimum absolute atomic E-state index is 0.0110. The van der Waals surface area contributed by atoms with Crippen LogP contribution in [0.3, 0.4) is 0 Å². The van der Waals surface area contributed by atoms with Gasteiger partial charge in [0.05, 0.1) is 18.2 Å². The second-order valence-electron chi connectivity index (χ2n) is 7.34. The van der Waals surface area contributed by atoms with Gasteiger partial charge in [0.15, 0.2) is 0 Å². The number of likely N-dealkylation sites (tertiary alicyclic amines) is 1. The molecule has 154 valence electrons. The van der Waals surface area contributed by atoms with Gasteiger partial charge in [-0.25, -0.2) is 4.39 Å². The predicted octanol–water partition coefficient (Wildman–Crippen LogP) is 3.66. The van der Waals surface area contributed by atoms with E-state index in [4.69, 9.17) is 0 Å². The zero-order valence-electron chi connectivity index (χ0n) is 16.3. The maximum Gasteiger partial charge on any atom is 0.254 e. The van der Waals surface area contributed by atoms with Crippen LogP contribution in [-0.4, -0.2) is 42.4 Å². The molecule has 2 N–H and O–H groups in total. The highest BCUT2D eigenvalue weighted by Crippen LogP contribution is 2.17. The summed E-state index contributed by atoms with van der Waals surface area (Å²) in [6.07, 6.45) is 1.46. The first-order valence-corrected chi connectivity index (χ1v) is 10.5. The number of amides is 2. The monoisotopic (exact) mass is 461 g/mol. The molecule has 1 unspecified atom stereocenters. The van der Waals surface area contributed by atoms with Gasteiger partial charge in [-0.15, -0.1) is 0 Å². The maximum absolute atomic E-state index is 13.7. The summed E-state index contributed by atoms with van der Waals surface area (Å²) < 4.78 is 14.7. The largest absolute Gasteiger partial charge is 0.349 e. The molecular weight excluding hydrogens is 437 g/mol. The third kappa shape index (κ3) is 6.11. The van der Waals surface area contributed by atoms with Crippen molar-refractivity contribution in [2.45, 2.75) is 31.8 Å². The summed E-state index contributed by atoms with van der Waals surface area (Å²) in [6.45, 7) is 3.71. The van der Waals surface area contributed by atoms with E-state index in [9.17, 15) is 14.0 Å². The molecule has 0 spiro atoms. The Labute approximate surface area is 178 Å². The van der Waals surface area contributed by atoms with Gasteiger partial charge in [0.1, 0.15) is 5.82 Å². The Balaban J connectivity index is 1.42. The zero-order valence-corrected chi connectivity index (χ0v) is 17.9. The molecule has 5 nitrogen and oxygen atoms in total. The summed E-state index contributed by atoms with van der Waals surface area (Å²) in [5.74, 6) is -0.920. The van der Waals surface area contributed by atoms with Crippen LogP contribution in [0.1, 0.15) is 41.7 Å². The van der Waals surface area contributed by atoms with Crippen LogP contribution in [0.15, 0.2) is 53.0 Å². The number of nitrogens with zero attached hydrogens (tertiary/aromatic N) is 1. The van der Waals surface area contributed by atoms with E-state index >= 15 is 0 Å². The highest BCUT2D eigenvalue weighted by molar-refractivity contribution is 9.10. The minimum atomic E-state index is -0.515. The van der Waals surface area contributed by atoms with E-state index in [1.165, 1.54) is 12.1 Å². The van der Waals surface area contributed by atoms with Crippen molar-refractivity contribution in [2.75, 3.05) is 19.6 Å². The fraction of sp³-hybridized carbons (Fsp3) is 0.364. The molecule has 1 saturated heterocycles. The molecule has 2 amide bonds. The van der Waals surface area contributed by atoms with Gasteiger partial charge in [-0.05, 0) is 49.6 Å². The van der Waals surface area contributed by atoms with Gasteiger partial charge in [-0.1, -0.05) is 40.2 Å². The van der Waals surface area contributed by atoms with Crippen molar-refractivity contribution in [3.63, 3.8) is 0 Å². The molecule has 1 heterocycles. The molecule has 1 aliphatic rings. The number of nitrogens with one attached hydrogen (secondary N) is 2. The van der Waals surface area contributed by atoms with Crippen LogP contribution >= 0.6 is 15.9 Å². The summed E-state index contributed by atoms with van der Waals surface area (Å²) in [4.78, 5) is 26.7. The lowest BCUT2D eigenvalue weighted by Gasteiger charge is -2.32. The first-order chi connectivity index (χ1) is 13.9. The van der Waals surface area contributed by atoms with E-state index in [2.05, 4.69) is 31.5 Å². The molecule has 29 heavy (non-hydrogen) atoms. The van der Waals surface area contributed by atoms with Crippen LogP contribution in [0.25, 0.3) is 0 Å². The van der Waals surface area contributed by atoms with Crippen LogP contribution < -0.4 is 10.6 Å². The van der Waals surface area contributed by atoms with Crippen molar-refractivity contribution >= 4 is 27.7 Å². The topological polar surface area (TPSA) is 61.4 Å². The standard InChI is InChI=1S/C22H25BrFN3O2/c1-15(16-6-8-17(23)9-7-16)25-21(28)14-27-12-10-18(11-13-27)26-22(29)19-4-2-3-5-20(19)24/h2-9,15,18H,10-14H2,1H3,(H,25,28)(H,26,29). The van der Waals surface area contributed by atoms with E-state index in [1.54, 1.807) is 12.1 Å². The number of carbonyl (C=O) groups excluding carboxylic acids is 2. The second-order valence-corrected chi connectivity index (χ2v) is 8.26. The summed E-state index contributed by atoms with van der Waals surface area (Å²) >= 11 is 3.41. The van der Waals surface area contributed by atoms with Gasteiger partial charge in [0.25, 0.3) is 5.91 Å². The third-order valence-corrected chi connectivity index (χ3v) is 5.68. The van der Waals surface area contributed by atoms with Gasteiger partial charge in [-0.3, -0.25) is 14.5 Å². The Kier molecular flexibility index (Phi) is 7.39. The van der Waals surface area contributed by atoms with E-state index in [0.717, 1.165) is 22.9 Å². The number of piperidine rings is 1. The number of benzene rings is 2. The summed E-state index contributed by atoms with van der Waals surface area (Å²) in [6, 6.07) is 13.8. The first-order valence-electron chi connectivity index (χ1n) is 9.75. The van der Waals surface area contributed by atoms with Gasteiger partial charge in [0.2, 0.25) is 5.91 Å². The Morgan fingerprint density at radius 3 is 2.45 bits per heavy atom. The van der Waals surface area contributed by atoms with Crippen LogP contribution in [0.2, 0.25) is 0 Å². The fourth-order valence-electron chi connectivity index (χ4n) is 3.47. The molecule has 1 atom stereocenters. The molecule has 2 aromatic rings. The molecule has 3 rings (SSSR count). The molecule has 0 aliphatic carbocycles. The number of halogens is 2. The minimum Gasteiger partial charge on any atom is -0.349 e. The number of rotatable bonds is 6. The fourth-order valence-corrected chi connectivity index (χ4v) is 3.73. The molecule has 1 fully saturated rings. The van der Waals surface area contributed by atoms with Gasteiger partial charge < -0.3 is 10.6 Å². The lowest BCUT2D eigenvalue weighted by atomic mass is 10.0. The molecule has 0 radical (unpaired) electrons. The zero-order chi connectivity index (χ0) is 20.8. The molecule has 0 aromatic heterocycles. The van der Waals surface area contributed by atoms with Crippen molar-refractivity contribution < 1.29 is 14.0 Å². The molecule has 7 heteroatoms. The van der Waals surface area contributed by atoms with E-state index in [0.29, 0.717) is 19.6 Å². The number of hydrogen-bond donors (Lipinski definition) is 2. The smallest absolute Gasteiger partial charge is 0.254 e. The average Bonchev–Trinajstić information content (AvgIpc) is 2.70. The van der Waals surface area contributed by atoms with Crippen LogP contribution in [0.5, 0.6) is 0 Å². The van der Waals surface area contributed by atoms with Crippen molar-refractivity contribution in [1.82, 2.24) is 15.5 Å². The Morgan fingerprint density at radius 2 is 1.79 bits per heavy atom. The Morgan fingerprint density at radius 1 is 1.14 bits per heavy atom. The molecule has 0 bridgehead atoms. The van der Waals surface area contributed by atoms with Crippen molar-refractivity contribution in [3.05, 3.63) is 69.9 Å². The lowest BCUT2D eigenvalue weighted by molar-refractivity contribution is -0.123. The average molecular weight is 462 g/mol. The molecule has 0 saturated carbocycles. The second kappa shape index (κ2) is 9.98. The van der Waals surface area contributed by atoms with E-state index in [1.807, 2.05) is 31.2 Å². The van der Waals surface area contributed by atoms with Crippen molar-refractivity contribution in [1.29, 1.82) is 0 Å². The highest BCUT2D eigenvalue weighted by Gasteiger charge is 2.23. The summed E-state index contributed by atoms with van der Waals surface area (Å²) in [7, 11) is 0. The van der Waals surface area contributed by atoms with Crippen LogP contribution in [-0.2, 0) is 4.79 Å². The summed E-state index contributed by atoms with van der Waals surface area (Å²) in [5, 5.41) is 5.92. The highest BCUT2D eigenvalue weighted by atomic mass is 79.9. The third-order valence-electron chi connectivity index (χ3n) is 5.16. The Bertz CT molecular complexity index is 851.